The molecule has 0 aliphatic heterocycles. The number of allylic oxidation sites excluding steroid dienone is 2. The summed E-state index contributed by atoms with van der Waals surface area (Å²) in [4.78, 5) is 0. The number of hydrogen-bond acceptors (Lipinski definition) is 1. The van der Waals surface area contributed by atoms with E-state index in [0.29, 0.717) is 0 Å². The van der Waals surface area contributed by atoms with Crippen LogP contribution >= 0.6 is 11.6 Å². The Morgan fingerprint density at radius 1 is 1.22 bits per heavy atom. The van der Waals surface area contributed by atoms with Gasteiger partial charge in [0.2, 0.25) is 0 Å². The van der Waals surface area contributed by atoms with E-state index in [1.54, 1.807) is 7.11 Å². The Balaban J connectivity index is 2.46. The van der Waals surface area contributed by atoms with E-state index >= 15 is 0 Å². The molecule has 0 bridgehead atoms. The third-order valence-electron chi connectivity index (χ3n) is 3.78. The van der Waals surface area contributed by atoms with Crippen molar-refractivity contribution in [1.82, 2.24) is 0 Å². The topological polar surface area (TPSA) is 9.23 Å². The van der Waals surface area contributed by atoms with Gasteiger partial charge in [-0.05, 0) is 49.8 Å². The van der Waals surface area contributed by atoms with Crippen molar-refractivity contribution < 1.29 is 4.74 Å². The lowest BCUT2D eigenvalue weighted by Gasteiger charge is -2.15. The molecule has 0 spiro atoms. The van der Waals surface area contributed by atoms with E-state index in [1.165, 1.54) is 35.1 Å². The van der Waals surface area contributed by atoms with E-state index in [0.717, 1.165) is 18.6 Å². The average molecular weight is 265 g/mol. The number of hydrogen-bond donors (Lipinski definition) is 0. The smallest absolute Gasteiger partial charge is 0.129 e. The Morgan fingerprint density at radius 3 is 2.72 bits per heavy atom. The fourth-order valence-electron chi connectivity index (χ4n) is 2.57. The zero-order valence-corrected chi connectivity index (χ0v) is 12.2. The summed E-state index contributed by atoms with van der Waals surface area (Å²) in [5.74, 6) is 1.01. The van der Waals surface area contributed by atoms with E-state index in [9.17, 15) is 0 Å². The van der Waals surface area contributed by atoms with Gasteiger partial charge in [0.1, 0.15) is 5.75 Å². The van der Waals surface area contributed by atoms with Crippen LogP contribution in [0.25, 0.3) is 5.57 Å². The minimum Gasteiger partial charge on any atom is -0.496 e. The van der Waals surface area contributed by atoms with Crippen molar-refractivity contribution in [1.29, 1.82) is 0 Å². The fourth-order valence-corrected chi connectivity index (χ4v) is 2.88. The Kier molecular flexibility index (Phi) is 4.34. The predicted octanol–water partition coefficient (Wildman–Crippen LogP) is 4.88. The van der Waals surface area contributed by atoms with Crippen LogP contribution in [0.3, 0.4) is 0 Å². The lowest BCUT2D eigenvalue weighted by molar-refractivity contribution is 0.410. The van der Waals surface area contributed by atoms with Crippen LogP contribution in [-0.4, -0.2) is 12.5 Å². The summed E-state index contributed by atoms with van der Waals surface area (Å²) in [5.41, 5.74) is 5.05. The molecule has 1 aromatic rings. The van der Waals surface area contributed by atoms with Gasteiger partial charge in [-0.2, -0.15) is 0 Å². The van der Waals surface area contributed by atoms with Crippen LogP contribution in [0.2, 0.25) is 0 Å². The highest BCUT2D eigenvalue weighted by atomic mass is 35.5. The van der Waals surface area contributed by atoms with Crippen LogP contribution < -0.4 is 4.74 Å². The minimum atomic E-state index is 0.161. The Bertz CT molecular complexity index is 462. The van der Waals surface area contributed by atoms with Gasteiger partial charge in [-0.3, -0.25) is 0 Å². The minimum absolute atomic E-state index is 0.161. The number of aryl methyl sites for hydroxylation is 1. The number of halogens is 1. The van der Waals surface area contributed by atoms with E-state index in [4.69, 9.17) is 16.3 Å². The largest absolute Gasteiger partial charge is 0.496 e. The first-order valence-corrected chi connectivity index (χ1v) is 7.06. The molecule has 0 N–H and O–H groups in total. The predicted molar refractivity (Wildman–Crippen MR) is 78.6 cm³/mol. The Hall–Kier alpha value is -0.950. The molecule has 1 nitrogen and oxygen atoms in total. The monoisotopic (exact) mass is 264 g/mol. The molecule has 1 aromatic carbocycles. The molecule has 0 amide bonds. The van der Waals surface area contributed by atoms with Gasteiger partial charge >= 0.3 is 0 Å². The summed E-state index contributed by atoms with van der Waals surface area (Å²) in [6.07, 6.45) is 6.81. The van der Waals surface area contributed by atoms with Gasteiger partial charge in [-0.25, -0.2) is 0 Å². The fraction of sp³-hybridized carbons (Fsp3) is 0.500. The summed E-state index contributed by atoms with van der Waals surface area (Å²) in [6.45, 7) is 4.24. The zero-order valence-electron chi connectivity index (χ0n) is 11.4. The maximum Gasteiger partial charge on any atom is 0.129 e. The molecule has 1 unspecified atom stereocenters. The van der Waals surface area contributed by atoms with Gasteiger partial charge in [0.15, 0.2) is 0 Å². The third-order valence-corrected chi connectivity index (χ3v) is 4.13. The maximum atomic E-state index is 6.32. The first-order valence-electron chi connectivity index (χ1n) is 6.63. The molecule has 18 heavy (non-hydrogen) atoms. The zero-order chi connectivity index (χ0) is 13.1. The second kappa shape index (κ2) is 5.79. The van der Waals surface area contributed by atoms with Crippen molar-refractivity contribution in [3.8, 4) is 5.75 Å². The Labute approximate surface area is 115 Å². The molecule has 0 heterocycles. The van der Waals surface area contributed by atoms with Gasteiger partial charge in [0, 0.05) is 5.56 Å². The summed E-state index contributed by atoms with van der Waals surface area (Å²) in [5, 5.41) is 0.161. The van der Waals surface area contributed by atoms with Crippen LogP contribution in [0, 0.1) is 13.8 Å². The van der Waals surface area contributed by atoms with Gasteiger partial charge < -0.3 is 4.74 Å². The van der Waals surface area contributed by atoms with Gasteiger partial charge in [0.05, 0.1) is 12.5 Å². The van der Waals surface area contributed by atoms with Crippen LogP contribution in [0.5, 0.6) is 5.75 Å². The second-order valence-electron chi connectivity index (χ2n) is 5.04. The number of methoxy groups -OCH3 is 1. The van der Waals surface area contributed by atoms with Crippen molar-refractivity contribution in [2.45, 2.75) is 44.9 Å². The quantitative estimate of drug-likeness (QED) is 0.692. The number of alkyl halides is 1. The van der Waals surface area contributed by atoms with Crippen LogP contribution in [0.1, 0.15) is 42.4 Å². The van der Waals surface area contributed by atoms with Crippen molar-refractivity contribution in [2.24, 2.45) is 0 Å². The van der Waals surface area contributed by atoms with E-state index in [2.05, 4.69) is 32.1 Å². The van der Waals surface area contributed by atoms with E-state index in [-0.39, 0.29) is 5.38 Å². The highest BCUT2D eigenvalue weighted by Crippen LogP contribution is 2.36. The van der Waals surface area contributed by atoms with Gasteiger partial charge in [-0.15, -0.1) is 11.6 Å². The lowest BCUT2D eigenvalue weighted by atomic mass is 9.96. The van der Waals surface area contributed by atoms with E-state index in [1.807, 2.05) is 0 Å². The summed E-state index contributed by atoms with van der Waals surface area (Å²) < 4.78 is 5.60. The molecule has 2 heteroatoms. The number of benzene rings is 1. The summed E-state index contributed by atoms with van der Waals surface area (Å²) in [7, 11) is 1.75. The van der Waals surface area contributed by atoms with Crippen LogP contribution in [0.15, 0.2) is 18.2 Å². The van der Waals surface area contributed by atoms with Gasteiger partial charge in [0.25, 0.3) is 0 Å². The SMILES string of the molecule is COc1c(C2=CC(Cl)CCCC2)ccc(C)c1C. The highest BCUT2D eigenvalue weighted by molar-refractivity contribution is 6.22. The molecule has 2 rings (SSSR count). The van der Waals surface area contributed by atoms with Crippen molar-refractivity contribution in [3.05, 3.63) is 34.9 Å². The number of ether oxygens (including phenoxy) is 1. The molecule has 98 valence electrons. The molecule has 0 radical (unpaired) electrons. The second-order valence-corrected chi connectivity index (χ2v) is 5.60. The molecular weight excluding hydrogens is 244 g/mol. The normalized spacial score (nSPS) is 20.2. The molecule has 0 saturated carbocycles. The molecule has 1 aliphatic rings. The lowest BCUT2D eigenvalue weighted by Crippen LogP contribution is -1.98. The average Bonchev–Trinajstić information content (AvgIpc) is 2.57. The van der Waals surface area contributed by atoms with Gasteiger partial charge in [-0.1, -0.05) is 24.6 Å². The molecule has 1 atom stereocenters. The maximum absolute atomic E-state index is 6.32. The first-order chi connectivity index (χ1) is 8.63. The molecule has 0 fully saturated rings. The van der Waals surface area contributed by atoms with E-state index < -0.39 is 0 Å². The van der Waals surface area contributed by atoms with Crippen LogP contribution in [0.4, 0.5) is 0 Å². The standard InChI is InChI=1S/C16H21ClO/c1-11-8-9-15(16(18-3)12(11)2)13-6-4-5-7-14(17)10-13/h8-10,14H,4-7H2,1-3H3. The first kappa shape index (κ1) is 13.5. The Morgan fingerprint density at radius 2 is 2.00 bits per heavy atom. The third kappa shape index (κ3) is 2.72. The molecule has 0 aromatic heterocycles. The van der Waals surface area contributed by atoms with Crippen molar-refractivity contribution in [2.75, 3.05) is 7.11 Å². The summed E-state index contributed by atoms with van der Waals surface area (Å²) >= 11 is 6.32. The molecule has 1 aliphatic carbocycles. The molecular formula is C16H21ClO. The van der Waals surface area contributed by atoms with Crippen molar-refractivity contribution in [3.63, 3.8) is 0 Å². The summed E-state index contributed by atoms with van der Waals surface area (Å²) in [6, 6.07) is 4.34. The molecule has 0 saturated heterocycles. The van der Waals surface area contributed by atoms with Crippen LogP contribution in [-0.2, 0) is 0 Å². The highest BCUT2D eigenvalue weighted by Gasteiger charge is 2.16. The van der Waals surface area contributed by atoms with Crippen molar-refractivity contribution >= 4 is 17.2 Å². The number of rotatable bonds is 2.